The van der Waals surface area contributed by atoms with Gasteiger partial charge in [-0.25, -0.2) is 0 Å². The summed E-state index contributed by atoms with van der Waals surface area (Å²) in [5.41, 5.74) is 2.30. The van der Waals surface area contributed by atoms with Crippen LogP contribution in [0.4, 0.5) is 0 Å². The summed E-state index contributed by atoms with van der Waals surface area (Å²) in [7, 11) is 0. The summed E-state index contributed by atoms with van der Waals surface area (Å²) in [4.78, 5) is 14.5. The predicted molar refractivity (Wildman–Crippen MR) is 88.1 cm³/mol. The summed E-state index contributed by atoms with van der Waals surface area (Å²) in [6.07, 6.45) is 0.715. The molecule has 2 nitrogen and oxygen atoms in total. The highest BCUT2D eigenvalue weighted by atomic mass is 79.9. The van der Waals surface area contributed by atoms with Crippen molar-refractivity contribution in [3.63, 3.8) is 0 Å². The topological polar surface area (TPSA) is 37.3 Å². The van der Waals surface area contributed by atoms with Crippen LogP contribution in [-0.2, 0) is 4.79 Å². The fourth-order valence-corrected chi connectivity index (χ4v) is 4.11. The van der Waals surface area contributed by atoms with E-state index >= 15 is 0 Å². The fourth-order valence-electron chi connectivity index (χ4n) is 2.50. The van der Waals surface area contributed by atoms with Gasteiger partial charge >= 0.3 is 0 Å². The van der Waals surface area contributed by atoms with Crippen LogP contribution in [0.25, 0.3) is 0 Å². The van der Waals surface area contributed by atoms with Crippen LogP contribution in [0, 0.1) is 0 Å². The maximum Gasteiger partial charge on any atom is 0.174 e. The minimum absolute atomic E-state index is 0.0188. The number of hydrogen-bond donors (Lipinski definition) is 1. The number of carbonyl (C=O) groups excluding carboxylic acids is 1. The van der Waals surface area contributed by atoms with Crippen LogP contribution in [0.1, 0.15) is 31.2 Å². The van der Waals surface area contributed by atoms with Gasteiger partial charge in [0.05, 0.1) is 12.0 Å². The lowest BCUT2D eigenvalue weighted by molar-refractivity contribution is -0.116. The van der Waals surface area contributed by atoms with Gasteiger partial charge in [0.1, 0.15) is 0 Å². The van der Waals surface area contributed by atoms with E-state index < -0.39 is 6.10 Å². The summed E-state index contributed by atoms with van der Waals surface area (Å²) in [6.45, 7) is 1.99. The first-order valence-corrected chi connectivity index (χ1v) is 8.30. The Morgan fingerprint density at radius 3 is 2.55 bits per heavy atom. The van der Waals surface area contributed by atoms with Gasteiger partial charge in [0, 0.05) is 10.1 Å². The van der Waals surface area contributed by atoms with E-state index in [2.05, 4.69) is 31.9 Å². The number of ketones is 1. The molecule has 0 heterocycles. The second-order valence-corrected chi connectivity index (χ2v) is 6.06. The molecule has 2 unspecified atom stereocenters. The SMILES string of the molecule is CCCC(O)C1=C(Br)/C(=C/Br)C(c2ccccc2)C1=O. The van der Waals surface area contributed by atoms with Crippen LogP contribution >= 0.6 is 31.9 Å². The molecule has 1 aliphatic rings. The van der Waals surface area contributed by atoms with E-state index in [0.717, 1.165) is 17.6 Å². The highest BCUT2D eigenvalue weighted by Crippen LogP contribution is 2.45. The van der Waals surface area contributed by atoms with Crippen molar-refractivity contribution in [2.75, 3.05) is 0 Å². The molecule has 0 spiro atoms. The third-order valence-corrected chi connectivity index (χ3v) is 4.85. The van der Waals surface area contributed by atoms with E-state index in [1.807, 2.05) is 37.3 Å². The minimum atomic E-state index is -0.710. The Bertz CT molecular complexity index is 561. The quantitative estimate of drug-likeness (QED) is 0.812. The van der Waals surface area contributed by atoms with E-state index in [9.17, 15) is 9.90 Å². The normalized spacial score (nSPS) is 22.7. The number of aliphatic hydroxyl groups excluding tert-OH is 1. The number of carbonyl (C=O) groups is 1. The molecule has 2 rings (SSSR count). The molecular formula is C16H16Br2O2. The van der Waals surface area contributed by atoms with Crippen molar-refractivity contribution in [1.82, 2.24) is 0 Å². The molecule has 2 atom stereocenters. The van der Waals surface area contributed by atoms with Gasteiger partial charge in [0.15, 0.2) is 5.78 Å². The molecule has 1 aromatic carbocycles. The lowest BCUT2D eigenvalue weighted by atomic mass is 9.91. The summed E-state index contributed by atoms with van der Waals surface area (Å²) >= 11 is 6.82. The highest BCUT2D eigenvalue weighted by molar-refractivity contribution is 9.12. The summed E-state index contributed by atoms with van der Waals surface area (Å²) < 4.78 is 0.717. The van der Waals surface area contributed by atoms with Crippen molar-refractivity contribution in [2.45, 2.75) is 31.8 Å². The number of aliphatic hydroxyl groups is 1. The summed E-state index contributed by atoms with van der Waals surface area (Å²) in [5, 5.41) is 10.2. The van der Waals surface area contributed by atoms with E-state index in [4.69, 9.17) is 0 Å². The molecule has 0 amide bonds. The highest BCUT2D eigenvalue weighted by Gasteiger charge is 2.39. The minimum Gasteiger partial charge on any atom is -0.388 e. The van der Waals surface area contributed by atoms with Gasteiger partial charge in [0.25, 0.3) is 0 Å². The van der Waals surface area contributed by atoms with Gasteiger partial charge in [0.2, 0.25) is 0 Å². The van der Waals surface area contributed by atoms with Crippen LogP contribution in [-0.4, -0.2) is 17.0 Å². The van der Waals surface area contributed by atoms with Crippen LogP contribution in [0.2, 0.25) is 0 Å². The smallest absolute Gasteiger partial charge is 0.174 e. The molecule has 0 fully saturated rings. The van der Waals surface area contributed by atoms with E-state index in [1.165, 1.54) is 0 Å². The third kappa shape index (κ3) is 2.83. The second kappa shape index (κ2) is 6.83. The molecule has 1 aromatic rings. The first-order chi connectivity index (χ1) is 9.61. The summed E-state index contributed by atoms with van der Waals surface area (Å²) in [5.74, 6) is -0.360. The molecule has 0 saturated carbocycles. The lowest BCUT2D eigenvalue weighted by Crippen LogP contribution is -2.19. The van der Waals surface area contributed by atoms with Gasteiger partial charge in [-0.15, -0.1) is 0 Å². The molecule has 0 bridgehead atoms. The van der Waals surface area contributed by atoms with Gasteiger partial charge in [-0.05, 0) is 38.5 Å². The first-order valence-electron chi connectivity index (χ1n) is 6.59. The van der Waals surface area contributed by atoms with Crippen molar-refractivity contribution < 1.29 is 9.90 Å². The van der Waals surface area contributed by atoms with Gasteiger partial charge in [-0.3, -0.25) is 4.79 Å². The molecule has 4 heteroatoms. The first kappa shape index (κ1) is 15.7. The molecule has 20 heavy (non-hydrogen) atoms. The van der Waals surface area contributed by atoms with Crippen molar-refractivity contribution in [3.05, 3.63) is 56.5 Å². The maximum atomic E-state index is 12.7. The number of allylic oxidation sites excluding steroid dienone is 2. The zero-order valence-electron chi connectivity index (χ0n) is 11.1. The van der Waals surface area contributed by atoms with Gasteiger partial charge in [-0.1, -0.05) is 59.6 Å². The van der Waals surface area contributed by atoms with Crippen LogP contribution in [0.3, 0.4) is 0 Å². The van der Waals surface area contributed by atoms with Crippen molar-refractivity contribution in [2.24, 2.45) is 0 Å². The molecule has 0 aromatic heterocycles. The van der Waals surface area contributed by atoms with E-state index in [0.29, 0.717) is 16.5 Å². The van der Waals surface area contributed by atoms with Crippen molar-refractivity contribution in [3.8, 4) is 0 Å². The fraction of sp³-hybridized carbons (Fsp3) is 0.312. The van der Waals surface area contributed by atoms with Crippen molar-refractivity contribution in [1.29, 1.82) is 0 Å². The Morgan fingerprint density at radius 1 is 1.35 bits per heavy atom. The van der Waals surface area contributed by atoms with E-state index in [-0.39, 0.29) is 11.7 Å². The molecule has 1 N–H and O–H groups in total. The molecule has 0 saturated heterocycles. The largest absolute Gasteiger partial charge is 0.388 e. The number of halogens is 2. The Kier molecular flexibility index (Phi) is 5.35. The van der Waals surface area contributed by atoms with E-state index in [1.54, 1.807) is 4.99 Å². The second-order valence-electron chi connectivity index (χ2n) is 4.80. The number of benzene rings is 1. The molecule has 0 radical (unpaired) electrons. The van der Waals surface area contributed by atoms with Gasteiger partial charge < -0.3 is 5.11 Å². The predicted octanol–water partition coefficient (Wildman–Crippen LogP) is 4.44. The molecule has 0 aliphatic heterocycles. The average Bonchev–Trinajstić information content (AvgIpc) is 2.70. The van der Waals surface area contributed by atoms with Crippen LogP contribution in [0.15, 0.2) is 50.9 Å². The number of hydrogen-bond acceptors (Lipinski definition) is 2. The van der Waals surface area contributed by atoms with Crippen LogP contribution in [0.5, 0.6) is 0 Å². The summed E-state index contributed by atoms with van der Waals surface area (Å²) in [6, 6.07) is 9.64. The average molecular weight is 400 g/mol. The Hall–Kier alpha value is -0.710. The van der Waals surface area contributed by atoms with Gasteiger partial charge in [-0.2, -0.15) is 0 Å². The maximum absolute atomic E-state index is 12.7. The molecular weight excluding hydrogens is 384 g/mol. The number of rotatable bonds is 4. The molecule has 106 valence electrons. The Morgan fingerprint density at radius 2 is 2.00 bits per heavy atom. The van der Waals surface area contributed by atoms with Crippen LogP contribution < -0.4 is 0 Å². The zero-order valence-corrected chi connectivity index (χ0v) is 14.3. The lowest BCUT2D eigenvalue weighted by Gasteiger charge is -2.13. The molecule has 1 aliphatic carbocycles. The monoisotopic (exact) mass is 398 g/mol. The Labute approximate surface area is 135 Å². The zero-order chi connectivity index (χ0) is 14.7. The Balaban J connectivity index is 2.43. The third-order valence-electron chi connectivity index (χ3n) is 3.47. The van der Waals surface area contributed by atoms with Crippen molar-refractivity contribution >= 4 is 37.6 Å². The standard InChI is InChI=1S/C16H16Br2O2/c1-2-6-12(19)14-15(18)11(9-17)13(16(14)20)10-7-4-3-5-8-10/h3-5,7-9,12-13,19H,2,6H2,1H3/b11-9+. The number of Topliss-reactive ketones (excluding diaryl/α,β-unsaturated/α-hetero) is 1.